The van der Waals surface area contributed by atoms with Crippen LogP contribution in [0, 0.1) is 0 Å². The second kappa shape index (κ2) is 11.6. The van der Waals surface area contributed by atoms with Gasteiger partial charge >= 0.3 is 0 Å². The average molecular weight is 583 g/mol. The third-order valence-corrected chi connectivity index (χ3v) is 7.47. The van der Waals surface area contributed by atoms with Gasteiger partial charge in [0.25, 0.3) is 0 Å². The highest BCUT2D eigenvalue weighted by Crippen LogP contribution is 2.48. The molecule has 0 bridgehead atoms. The number of imidazole rings is 1. The van der Waals surface area contributed by atoms with E-state index in [4.69, 9.17) is 67.5 Å². The highest BCUT2D eigenvalue weighted by molar-refractivity contribution is 6.55. The largest absolute Gasteiger partial charge is 0.496 e. The number of carbonyl (C=O) groups is 1. The zero-order valence-electron chi connectivity index (χ0n) is 18.6. The Bertz CT molecular complexity index is 1410. The monoisotopic (exact) mass is 580 g/mol. The molecule has 4 aromatic rings. The number of ketones is 1. The van der Waals surface area contributed by atoms with Gasteiger partial charge in [-0.1, -0.05) is 70.1 Å². The minimum atomic E-state index is -0.134. The van der Waals surface area contributed by atoms with Gasteiger partial charge in [0.15, 0.2) is 11.5 Å². The first kappa shape index (κ1) is 26.4. The van der Waals surface area contributed by atoms with Gasteiger partial charge in [-0.25, -0.2) is 4.98 Å². The van der Waals surface area contributed by atoms with Gasteiger partial charge in [-0.15, -0.1) is 0 Å². The molecule has 0 N–H and O–H groups in total. The van der Waals surface area contributed by atoms with Gasteiger partial charge < -0.3 is 14.0 Å². The predicted octanol–water partition coefficient (Wildman–Crippen LogP) is 8.62. The van der Waals surface area contributed by atoms with Crippen LogP contribution in [0.4, 0.5) is 0 Å². The van der Waals surface area contributed by atoms with E-state index in [2.05, 4.69) is 4.98 Å². The first-order chi connectivity index (χ1) is 17.3. The molecule has 4 rings (SSSR count). The minimum absolute atomic E-state index is 0.0439. The molecule has 184 valence electrons. The molecule has 1 heterocycles. The number of methoxy groups -OCH3 is 1. The fourth-order valence-corrected chi connectivity index (χ4v) is 4.58. The van der Waals surface area contributed by atoms with Crippen molar-refractivity contribution in [3.63, 3.8) is 0 Å². The number of hydrogen-bond acceptors (Lipinski definition) is 4. The topological polar surface area (TPSA) is 53.4 Å². The molecule has 0 atom stereocenters. The molecule has 0 saturated carbocycles. The Morgan fingerprint density at radius 2 is 1.61 bits per heavy atom. The Morgan fingerprint density at radius 1 is 0.944 bits per heavy atom. The van der Waals surface area contributed by atoms with E-state index in [1.165, 1.54) is 6.08 Å². The highest BCUT2D eigenvalue weighted by Gasteiger charge is 2.21. The molecule has 0 spiro atoms. The molecule has 0 radical (unpaired) electrons. The second-order valence-electron chi connectivity index (χ2n) is 7.47. The SMILES string of the molecule is COc1ccc(/C=C/C(=O)c2ccc(-n3ccnc3)cc2)cc1COc1c(Cl)c(Cl)c(Cl)c(Cl)c1Cl. The van der Waals surface area contributed by atoms with Crippen LogP contribution in [0.15, 0.2) is 67.3 Å². The maximum atomic E-state index is 12.7. The summed E-state index contributed by atoms with van der Waals surface area (Å²) in [5.74, 6) is 0.548. The van der Waals surface area contributed by atoms with E-state index < -0.39 is 0 Å². The summed E-state index contributed by atoms with van der Waals surface area (Å²) in [7, 11) is 1.54. The summed E-state index contributed by atoms with van der Waals surface area (Å²) in [5.41, 5.74) is 2.93. The Labute approximate surface area is 232 Å². The molecule has 36 heavy (non-hydrogen) atoms. The summed E-state index contributed by atoms with van der Waals surface area (Å²) in [6.07, 6.45) is 8.44. The number of benzene rings is 3. The number of carbonyl (C=O) groups excluding carboxylic acids is 1. The average Bonchev–Trinajstić information content (AvgIpc) is 3.45. The zero-order chi connectivity index (χ0) is 25.8. The van der Waals surface area contributed by atoms with Gasteiger partial charge in [-0.05, 0) is 48.0 Å². The van der Waals surface area contributed by atoms with E-state index in [0.717, 1.165) is 11.3 Å². The summed E-state index contributed by atoms with van der Waals surface area (Å²) in [6, 6.07) is 12.7. The molecule has 0 fully saturated rings. The highest BCUT2D eigenvalue weighted by atomic mass is 35.5. The number of nitrogens with zero attached hydrogens (tertiary/aromatic N) is 2. The first-order valence-corrected chi connectivity index (χ1v) is 12.3. The van der Waals surface area contributed by atoms with Gasteiger partial charge in [-0.3, -0.25) is 4.79 Å². The summed E-state index contributed by atoms with van der Waals surface area (Å²) in [4.78, 5) is 16.7. The molecule has 0 saturated heterocycles. The van der Waals surface area contributed by atoms with Crippen molar-refractivity contribution in [2.45, 2.75) is 6.61 Å². The van der Waals surface area contributed by atoms with Crippen LogP contribution < -0.4 is 9.47 Å². The third kappa shape index (κ3) is 5.66. The Morgan fingerprint density at radius 3 is 2.22 bits per heavy atom. The van der Waals surface area contributed by atoms with Crippen LogP contribution in [0.2, 0.25) is 25.1 Å². The molecular weight excluding hydrogens is 566 g/mol. The normalized spacial score (nSPS) is 11.2. The fraction of sp³-hybridized carbons (Fsp3) is 0.0769. The van der Waals surface area contributed by atoms with E-state index in [-0.39, 0.29) is 43.3 Å². The van der Waals surface area contributed by atoms with Gasteiger partial charge in [0.2, 0.25) is 0 Å². The molecule has 0 aliphatic carbocycles. The lowest BCUT2D eigenvalue weighted by Crippen LogP contribution is -2.01. The number of hydrogen-bond donors (Lipinski definition) is 0. The molecule has 0 aliphatic rings. The molecule has 3 aromatic carbocycles. The van der Waals surface area contributed by atoms with Gasteiger partial charge in [0.05, 0.1) is 28.5 Å². The van der Waals surface area contributed by atoms with Crippen molar-refractivity contribution < 1.29 is 14.3 Å². The van der Waals surface area contributed by atoms with Gasteiger partial charge in [0, 0.05) is 29.2 Å². The van der Waals surface area contributed by atoms with E-state index in [9.17, 15) is 4.79 Å². The van der Waals surface area contributed by atoms with Crippen molar-refractivity contribution in [3.8, 4) is 17.2 Å². The Hall–Kier alpha value is -2.67. The van der Waals surface area contributed by atoms with Crippen molar-refractivity contribution >= 4 is 69.9 Å². The maximum absolute atomic E-state index is 12.7. The minimum Gasteiger partial charge on any atom is -0.496 e. The molecular formula is C26H17Cl5N2O3. The Kier molecular flexibility index (Phi) is 8.50. The van der Waals surface area contributed by atoms with E-state index in [1.807, 2.05) is 35.0 Å². The third-order valence-electron chi connectivity index (χ3n) is 5.23. The Balaban J connectivity index is 1.51. The molecule has 0 aliphatic heterocycles. The van der Waals surface area contributed by atoms with Gasteiger partial charge in [0.1, 0.15) is 22.4 Å². The van der Waals surface area contributed by atoms with E-state index >= 15 is 0 Å². The lowest BCUT2D eigenvalue weighted by Gasteiger charge is -2.15. The van der Waals surface area contributed by atoms with Crippen LogP contribution in [0.3, 0.4) is 0 Å². The molecule has 10 heteroatoms. The van der Waals surface area contributed by atoms with Crippen molar-refractivity contribution in [1.29, 1.82) is 0 Å². The van der Waals surface area contributed by atoms with Crippen molar-refractivity contribution in [1.82, 2.24) is 9.55 Å². The van der Waals surface area contributed by atoms with Crippen LogP contribution in [0.5, 0.6) is 11.5 Å². The molecule has 5 nitrogen and oxygen atoms in total. The van der Waals surface area contributed by atoms with E-state index in [1.54, 1.807) is 43.9 Å². The number of aromatic nitrogens is 2. The summed E-state index contributed by atoms with van der Waals surface area (Å²) in [6.45, 7) is 0.0439. The van der Waals surface area contributed by atoms with Gasteiger partial charge in [-0.2, -0.15) is 0 Å². The quantitative estimate of drug-likeness (QED) is 0.0903. The van der Waals surface area contributed by atoms with Crippen LogP contribution in [-0.4, -0.2) is 22.4 Å². The first-order valence-electron chi connectivity index (χ1n) is 10.4. The molecule has 0 amide bonds. The van der Waals surface area contributed by atoms with E-state index in [0.29, 0.717) is 16.9 Å². The molecule has 0 unspecified atom stereocenters. The van der Waals surface area contributed by atoms with Crippen molar-refractivity contribution in [2.75, 3.05) is 7.11 Å². The number of ether oxygens (including phenoxy) is 2. The summed E-state index contributed by atoms with van der Waals surface area (Å²) < 4.78 is 13.1. The number of rotatable bonds is 8. The predicted molar refractivity (Wildman–Crippen MR) is 146 cm³/mol. The zero-order valence-corrected chi connectivity index (χ0v) is 22.4. The fourth-order valence-electron chi connectivity index (χ4n) is 3.35. The lowest BCUT2D eigenvalue weighted by molar-refractivity contribution is 0.104. The van der Waals surface area contributed by atoms with Crippen LogP contribution in [-0.2, 0) is 6.61 Å². The number of allylic oxidation sites excluding steroid dienone is 1. The smallest absolute Gasteiger partial charge is 0.185 e. The van der Waals surface area contributed by atoms with Crippen LogP contribution >= 0.6 is 58.0 Å². The van der Waals surface area contributed by atoms with Crippen LogP contribution in [0.25, 0.3) is 11.8 Å². The maximum Gasteiger partial charge on any atom is 0.185 e. The number of halogens is 5. The lowest BCUT2D eigenvalue weighted by atomic mass is 10.1. The van der Waals surface area contributed by atoms with Crippen LogP contribution in [0.1, 0.15) is 21.5 Å². The summed E-state index contributed by atoms with van der Waals surface area (Å²) >= 11 is 30.8. The molecule has 1 aromatic heterocycles. The van der Waals surface area contributed by atoms with Crippen molar-refractivity contribution in [3.05, 3.63) is 109 Å². The van der Waals surface area contributed by atoms with Crippen molar-refractivity contribution in [2.24, 2.45) is 0 Å². The second-order valence-corrected chi connectivity index (χ2v) is 9.36. The summed E-state index contributed by atoms with van der Waals surface area (Å²) in [5, 5.41) is 0.240. The standard InChI is InChI=1S/C26H17Cl5N2O3/c1-35-20-9-3-15(2-8-19(34)16-4-6-18(7-5-16)33-11-10-32-14-33)12-17(20)13-36-26-24(30)22(28)21(27)23(29)25(26)31/h2-12,14H,13H2,1H3/b8-2+.